The van der Waals surface area contributed by atoms with Gasteiger partial charge < -0.3 is 4.90 Å². The average molecular weight is 329 g/mol. The van der Waals surface area contributed by atoms with Crippen molar-refractivity contribution < 1.29 is 9.59 Å². The van der Waals surface area contributed by atoms with Gasteiger partial charge in [-0.2, -0.15) is 0 Å². The summed E-state index contributed by atoms with van der Waals surface area (Å²) in [6.45, 7) is 12.8. The van der Waals surface area contributed by atoms with E-state index in [0.717, 1.165) is 55.1 Å². The average Bonchev–Trinajstić information content (AvgIpc) is 2.82. The van der Waals surface area contributed by atoms with Gasteiger partial charge in [0.15, 0.2) is 0 Å². The molecule has 2 heterocycles. The van der Waals surface area contributed by atoms with E-state index in [9.17, 15) is 9.59 Å². The van der Waals surface area contributed by atoms with E-state index in [1.165, 1.54) is 4.90 Å². The normalized spacial score (nSPS) is 23.3. The third kappa shape index (κ3) is 2.98. The van der Waals surface area contributed by atoms with Gasteiger partial charge in [0.05, 0.1) is 18.2 Å². The maximum atomic E-state index is 13.0. The number of carbonyl (C=O) groups is 2. The first-order chi connectivity index (χ1) is 11.4. The van der Waals surface area contributed by atoms with Crippen LogP contribution in [-0.2, 0) is 9.59 Å². The third-order valence-electron chi connectivity index (χ3n) is 5.28. The highest BCUT2D eigenvalue weighted by Gasteiger charge is 2.44. The number of anilines is 1. The highest BCUT2D eigenvalue weighted by molar-refractivity contribution is 6.23. The van der Waals surface area contributed by atoms with E-state index in [0.29, 0.717) is 6.42 Å². The molecule has 2 saturated heterocycles. The van der Waals surface area contributed by atoms with Crippen LogP contribution in [0.3, 0.4) is 0 Å². The molecule has 1 unspecified atom stereocenters. The number of piperazine rings is 1. The fourth-order valence-electron chi connectivity index (χ4n) is 4.05. The van der Waals surface area contributed by atoms with Gasteiger partial charge in [-0.1, -0.05) is 24.6 Å². The predicted molar refractivity (Wildman–Crippen MR) is 95.2 cm³/mol. The Labute approximate surface area is 144 Å². The lowest BCUT2D eigenvalue weighted by atomic mass is 10.0. The van der Waals surface area contributed by atoms with E-state index in [1.54, 1.807) is 0 Å². The summed E-state index contributed by atoms with van der Waals surface area (Å²) in [6, 6.07) is 3.78. The van der Waals surface area contributed by atoms with E-state index < -0.39 is 0 Å². The van der Waals surface area contributed by atoms with Crippen LogP contribution in [0.1, 0.15) is 30.0 Å². The number of aryl methyl sites for hydroxylation is 3. The van der Waals surface area contributed by atoms with Gasteiger partial charge in [0.2, 0.25) is 5.91 Å². The van der Waals surface area contributed by atoms with Crippen molar-refractivity contribution in [3.8, 4) is 0 Å². The van der Waals surface area contributed by atoms with Crippen LogP contribution in [0.4, 0.5) is 5.69 Å². The summed E-state index contributed by atoms with van der Waals surface area (Å²) in [5, 5.41) is 0. The fraction of sp³-hybridized carbons (Fsp3) is 0.579. The Hall–Kier alpha value is -1.72. The molecule has 0 saturated carbocycles. The number of likely N-dealkylation sites (N-methyl/N-ethyl adjacent to an activating group) is 1. The molecule has 0 spiro atoms. The molecule has 0 aromatic heterocycles. The smallest absolute Gasteiger partial charge is 0.251 e. The van der Waals surface area contributed by atoms with Gasteiger partial charge >= 0.3 is 0 Å². The van der Waals surface area contributed by atoms with Crippen molar-refractivity contribution in [1.29, 1.82) is 0 Å². The monoisotopic (exact) mass is 329 g/mol. The Morgan fingerprint density at radius 1 is 1.00 bits per heavy atom. The lowest BCUT2D eigenvalue weighted by Gasteiger charge is -2.36. The zero-order valence-electron chi connectivity index (χ0n) is 15.1. The Kier molecular flexibility index (Phi) is 4.74. The van der Waals surface area contributed by atoms with Crippen LogP contribution >= 0.6 is 0 Å². The first-order valence-electron chi connectivity index (χ1n) is 8.83. The van der Waals surface area contributed by atoms with Crippen molar-refractivity contribution in [3.63, 3.8) is 0 Å². The zero-order valence-corrected chi connectivity index (χ0v) is 15.1. The van der Waals surface area contributed by atoms with Crippen molar-refractivity contribution >= 4 is 17.5 Å². The van der Waals surface area contributed by atoms with Crippen LogP contribution in [0.5, 0.6) is 0 Å². The Balaban J connectivity index is 1.83. The van der Waals surface area contributed by atoms with Crippen molar-refractivity contribution in [2.75, 3.05) is 37.6 Å². The Morgan fingerprint density at radius 3 is 2.12 bits per heavy atom. The zero-order chi connectivity index (χ0) is 17.4. The van der Waals surface area contributed by atoms with Crippen molar-refractivity contribution in [2.24, 2.45) is 0 Å². The second kappa shape index (κ2) is 6.65. The summed E-state index contributed by atoms with van der Waals surface area (Å²) in [4.78, 5) is 31.6. The molecular formula is C19H27N3O2. The number of nitrogens with zero attached hydrogens (tertiary/aromatic N) is 3. The van der Waals surface area contributed by atoms with Crippen LogP contribution in [0, 0.1) is 20.8 Å². The molecule has 24 heavy (non-hydrogen) atoms. The molecule has 2 fully saturated rings. The Bertz CT molecular complexity index is 640. The van der Waals surface area contributed by atoms with Crippen molar-refractivity contribution in [1.82, 2.24) is 9.80 Å². The van der Waals surface area contributed by atoms with Crippen LogP contribution in [0.25, 0.3) is 0 Å². The van der Waals surface area contributed by atoms with E-state index in [1.807, 2.05) is 32.9 Å². The summed E-state index contributed by atoms with van der Waals surface area (Å²) in [7, 11) is 0. The van der Waals surface area contributed by atoms with Crippen LogP contribution in [0.2, 0.25) is 0 Å². The summed E-state index contributed by atoms with van der Waals surface area (Å²) in [5.74, 6) is -0.127. The molecule has 0 N–H and O–H groups in total. The highest BCUT2D eigenvalue weighted by Crippen LogP contribution is 2.32. The van der Waals surface area contributed by atoms with E-state index in [4.69, 9.17) is 0 Å². The second-order valence-electron chi connectivity index (χ2n) is 7.00. The SMILES string of the molecule is CCN1CCN(C2CC(=O)N(c3c(C)cc(C)cc3C)C2=O)CC1. The molecule has 5 nitrogen and oxygen atoms in total. The minimum absolute atomic E-state index is 0.0556. The van der Waals surface area contributed by atoms with E-state index >= 15 is 0 Å². The maximum Gasteiger partial charge on any atom is 0.251 e. The van der Waals surface area contributed by atoms with Gasteiger partial charge in [-0.15, -0.1) is 0 Å². The van der Waals surface area contributed by atoms with E-state index in [-0.39, 0.29) is 17.9 Å². The summed E-state index contributed by atoms with van der Waals surface area (Å²) >= 11 is 0. The first-order valence-corrected chi connectivity index (χ1v) is 8.83. The molecule has 3 rings (SSSR count). The van der Waals surface area contributed by atoms with Crippen LogP contribution in [0.15, 0.2) is 12.1 Å². The number of imide groups is 1. The molecule has 2 amide bonds. The number of hydrogen-bond acceptors (Lipinski definition) is 4. The summed E-state index contributed by atoms with van der Waals surface area (Å²) < 4.78 is 0. The number of hydrogen-bond donors (Lipinski definition) is 0. The van der Waals surface area contributed by atoms with Crippen LogP contribution in [-0.4, -0.2) is 60.4 Å². The van der Waals surface area contributed by atoms with Crippen LogP contribution < -0.4 is 4.90 Å². The van der Waals surface area contributed by atoms with Gasteiger partial charge in [0.25, 0.3) is 5.91 Å². The maximum absolute atomic E-state index is 13.0. The van der Waals surface area contributed by atoms with Gasteiger partial charge in [-0.05, 0) is 38.4 Å². The summed E-state index contributed by atoms with van der Waals surface area (Å²) in [5.41, 5.74) is 3.92. The quantitative estimate of drug-likeness (QED) is 0.794. The standard InChI is InChI=1S/C19H27N3O2/c1-5-20-6-8-21(9-7-20)16-12-17(23)22(19(16)24)18-14(3)10-13(2)11-15(18)4/h10-11,16H,5-9,12H2,1-4H3. The lowest BCUT2D eigenvalue weighted by molar-refractivity contribution is -0.123. The molecule has 1 atom stereocenters. The predicted octanol–water partition coefficient (Wildman–Crippen LogP) is 1.88. The topological polar surface area (TPSA) is 43.9 Å². The Morgan fingerprint density at radius 2 is 1.58 bits per heavy atom. The van der Waals surface area contributed by atoms with Crippen molar-refractivity contribution in [2.45, 2.75) is 40.2 Å². The first kappa shape index (κ1) is 17.1. The highest BCUT2D eigenvalue weighted by atomic mass is 16.2. The number of carbonyl (C=O) groups excluding carboxylic acids is 2. The van der Waals surface area contributed by atoms with Crippen molar-refractivity contribution in [3.05, 3.63) is 28.8 Å². The molecule has 0 bridgehead atoms. The third-order valence-corrected chi connectivity index (χ3v) is 5.28. The van der Waals surface area contributed by atoms with Gasteiger partial charge in [-0.3, -0.25) is 14.5 Å². The van der Waals surface area contributed by atoms with Gasteiger partial charge in [0, 0.05) is 26.2 Å². The molecule has 2 aliphatic rings. The minimum Gasteiger partial charge on any atom is -0.301 e. The lowest BCUT2D eigenvalue weighted by Crippen LogP contribution is -2.52. The van der Waals surface area contributed by atoms with E-state index in [2.05, 4.69) is 16.7 Å². The second-order valence-corrected chi connectivity index (χ2v) is 7.00. The number of rotatable bonds is 3. The molecular weight excluding hydrogens is 302 g/mol. The largest absolute Gasteiger partial charge is 0.301 e. The molecule has 130 valence electrons. The number of benzene rings is 1. The summed E-state index contributed by atoms with van der Waals surface area (Å²) in [6.07, 6.45) is 0.303. The molecule has 0 aliphatic carbocycles. The molecule has 0 radical (unpaired) electrons. The molecule has 1 aromatic carbocycles. The molecule has 5 heteroatoms. The number of amides is 2. The minimum atomic E-state index is -0.295. The molecule has 1 aromatic rings. The fourth-order valence-corrected chi connectivity index (χ4v) is 4.05. The van der Waals surface area contributed by atoms with Gasteiger partial charge in [0.1, 0.15) is 0 Å². The van der Waals surface area contributed by atoms with Gasteiger partial charge in [-0.25, -0.2) is 4.90 Å². The molecule has 2 aliphatic heterocycles.